The van der Waals surface area contributed by atoms with Gasteiger partial charge in [-0.3, -0.25) is 4.68 Å². The molecular formula is C25H29F3N6O3. The molecule has 4 rings (SSSR count). The van der Waals surface area contributed by atoms with Gasteiger partial charge >= 0.3 is 12.3 Å². The summed E-state index contributed by atoms with van der Waals surface area (Å²) in [5.41, 5.74) is 1.79. The van der Waals surface area contributed by atoms with E-state index in [0.717, 1.165) is 12.6 Å². The molecule has 1 amide bonds. The van der Waals surface area contributed by atoms with Crippen LogP contribution in [0.25, 0.3) is 16.6 Å². The van der Waals surface area contributed by atoms with E-state index in [1.807, 2.05) is 38.4 Å². The first-order chi connectivity index (χ1) is 17.3. The minimum absolute atomic E-state index is 0.0482. The first kappa shape index (κ1) is 26.3. The van der Waals surface area contributed by atoms with Gasteiger partial charge in [0.1, 0.15) is 28.5 Å². The third kappa shape index (κ3) is 5.50. The lowest BCUT2D eigenvalue weighted by molar-refractivity contribution is -0.189. The first-order valence-electron chi connectivity index (χ1n) is 12.0. The van der Waals surface area contributed by atoms with Crippen LogP contribution in [0.5, 0.6) is 5.75 Å². The Balaban J connectivity index is 1.60. The van der Waals surface area contributed by atoms with Crippen molar-refractivity contribution in [1.82, 2.24) is 24.3 Å². The largest absolute Gasteiger partial charge is 0.479 e. The van der Waals surface area contributed by atoms with Crippen LogP contribution in [0.15, 0.2) is 24.7 Å². The summed E-state index contributed by atoms with van der Waals surface area (Å²) in [5.74, 6) is -0.0887. The molecule has 0 aromatic carbocycles. The number of likely N-dealkylation sites (tertiary alicyclic amines) is 1. The number of pyridine rings is 1. The Hall–Kier alpha value is -3.75. The number of nitrogens with zero attached hydrogens (tertiary/aromatic N) is 6. The highest BCUT2D eigenvalue weighted by atomic mass is 19.4. The molecule has 1 aliphatic heterocycles. The van der Waals surface area contributed by atoms with Gasteiger partial charge in [-0.2, -0.15) is 28.6 Å². The highest BCUT2D eigenvalue weighted by Gasteiger charge is 2.38. The molecule has 1 unspecified atom stereocenters. The molecule has 12 heteroatoms. The minimum atomic E-state index is -4.57. The highest BCUT2D eigenvalue weighted by molar-refractivity contribution is 5.76. The standard InChI is InChI=1S/C25H29F3N6O3/c1-15-20(13-31-34(15)19-6-8-32(9-7-19)23(35)37-24(3,4)5)17-10-21(36-16(2)25(26,27)28)22-18(11-29)12-30-33(22)14-17/h10,12-14,16,19H,6-9H2,1-5H3. The second-order valence-electron chi connectivity index (χ2n) is 10.1. The van der Waals surface area contributed by atoms with E-state index in [2.05, 4.69) is 10.2 Å². The van der Waals surface area contributed by atoms with Crippen LogP contribution in [0.3, 0.4) is 0 Å². The van der Waals surface area contributed by atoms with E-state index in [1.165, 1.54) is 16.8 Å². The van der Waals surface area contributed by atoms with Crippen molar-refractivity contribution in [3.05, 3.63) is 35.9 Å². The molecule has 0 aliphatic carbocycles. The predicted octanol–water partition coefficient (Wildman–Crippen LogP) is 5.28. The number of piperidine rings is 1. The van der Waals surface area contributed by atoms with Crippen LogP contribution in [0.1, 0.15) is 57.8 Å². The maximum absolute atomic E-state index is 13.2. The number of carbonyl (C=O) groups is 1. The third-order valence-corrected chi connectivity index (χ3v) is 6.28. The van der Waals surface area contributed by atoms with Crippen LogP contribution in [0.4, 0.5) is 18.0 Å². The summed E-state index contributed by atoms with van der Waals surface area (Å²) in [6.45, 7) is 9.33. The average Bonchev–Trinajstić information content (AvgIpc) is 3.40. The van der Waals surface area contributed by atoms with Crippen LogP contribution in [-0.2, 0) is 4.74 Å². The van der Waals surface area contributed by atoms with Crippen LogP contribution in [-0.4, -0.2) is 61.4 Å². The van der Waals surface area contributed by atoms with Crippen LogP contribution in [0.2, 0.25) is 0 Å². The van der Waals surface area contributed by atoms with E-state index in [1.54, 1.807) is 17.3 Å². The maximum atomic E-state index is 13.2. The number of amides is 1. The Labute approximate surface area is 212 Å². The first-order valence-corrected chi connectivity index (χ1v) is 12.0. The molecule has 9 nitrogen and oxygen atoms in total. The topological polar surface area (TPSA) is 97.7 Å². The second kappa shape index (κ2) is 9.61. The summed E-state index contributed by atoms with van der Waals surface area (Å²) >= 11 is 0. The van der Waals surface area contributed by atoms with Gasteiger partial charge in [0.15, 0.2) is 6.10 Å². The third-order valence-electron chi connectivity index (χ3n) is 6.28. The zero-order valence-electron chi connectivity index (χ0n) is 21.3. The number of ether oxygens (including phenoxy) is 2. The fourth-order valence-electron chi connectivity index (χ4n) is 4.35. The molecule has 37 heavy (non-hydrogen) atoms. The van der Waals surface area contributed by atoms with E-state index < -0.39 is 17.9 Å². The Morgan fingerprint density at radius 3 is 2.46 bits per heavy atom. The highest BCUT2D eigenvalue weighted by Crippen LogP contribution is 2.35. The van der Waals surface area contributed by atoms with Gasteiger partial charge in [-0.15, -0.1) is 0 Å². The lowest BCUT2D eigenvalue weighted by atomic mass is 10.0. The number of fused-ring (bicyclic) bond motifs is 1. The molecule has 4 heterocycles. The Morgan fingerprint density at radius 1 is 1.19 bits per heavy atom. The van der Waals surface area contributed by atoms with Crippen molar-refractivity contribution >= 4 is 11.6 Å². The van der Waals surface area contributed by atoms with Gasteiger partial charge in [0.25, 0.3) is 0 Å². The van der Waals surface area contributed by atoms with Crippen LogP contribution < -0.4 is 4.74 Å². The van der Waals surface area contributed by atoms with Gasteiger partial charge in [0.05, 0.1) is 18.4 Å². The van der Waals surface area contributed by atoms with Crippen LogP contribution >= 0.6 is 0 Å². The molecule has 198 valence electrons. The number of hydrogen-bond donors (Lipinski definition) is 0. The van der Waals surface area contributed by atoms with Crippen molar-refractivity contribution in [3.63, 3.8) is 0 Å². The van der Waals surface area contributed by atoms with Crippen LogP contribution in [0, 0.1) is 18.3 Å². The zero-order chi connectivity index (χ0) is 27.1. The molecule has 0 saturated carbocycles. The summed E-state index contributed by atoms with van der Waals surface area (Å²) in [7, 11) is 0. The summed E-state index contributed by atoms with van der Waals surface area (Å²) in [6, 6.07) is 3.48. The smallest absolute Gasteiger partial charge is 0.425 e. The number of nitriles is 1. The SMILES string of the molecule is Cc1c(-c2cc(OC(C)C(F)(F)F)c3c(C#N)cnn3c2)cnn1C1CCN(C(=O)OC(C)(C)C)CC1. The zero-order valence-corrected chi connectivity index (χ0v) is 21.3. The number of aromatic nitrogens is 4. The molecule has 0 bridgehead atoms. The number of rotatable bonds is 4. The molecular weight excluding hydrogens is 489 g/mol. The van der Waals surface area contributed by atoms with Gasteiger partial charge in [-0.25, -0.2) is 9.31 Å². The fourth-order valence-corrected chi connectivity index (χ4v) is 4.35. The van der Waals surface area contributed by atoms with Gasteiger partial charge in [0, 0.05) is 36.1 Å². The van der Waals surface area contributed by atoms with E-state index in [9.17, 15) is 23.2 Å². The Morgan fingerprint density at radius 2 is 1.86 bits per heavy atom. The monoisotopic (exact) mass is 518 g/mol. The number of hydrogen-bond acceptors (Lipinski definition) is 6. The molecule has 0 radical (unpaired) electrons. The lowest BCUT2D eigenvalue weighted by Crippen LogP contribution is -2.42. The van der Waals surface area contributed by atoms with Gasteiger partial charge < -0.3 is 14.4 Å². The Bertz CT molecular complexity index is 1340. The summed E-state index contributed by atoms with van der Waals surface area (Å²) in [5, 5.41) is 18.1. The maximum Gasteiger partial charge on any atom is 0.425 e. The molecule has 1 saturated heterocycles. The normalized spacial score (nSPS) is 16.0. The molecule has 3 aromatic rings. The van der Waals surface area contributed by atoms with Crippen molar-refractivity contribution in [2.75, 3.05) is 13.1 Å². The quantitative estimate of drug-likeness (QED) is 0.466. The predicted molar refractivity (Wildman–Crippen MR) is 128 cm³/mol. The van der Waals surface area contributed by atoms with E-state index >= 15 is 0 Å². The van der Waals surface area contributed by atoms with Crippen molar-refractivity contribution < 1.29 is 27.4 Å². The van der Waals surface area contributed by atoms with E-state index in [4.69, 9.17) is 9.47 Å². The van der Waals surface area contributed by atoms with Crippen molar-refractivity contribution in [2.45, 2.75) is 71.4 Å². The Kier molecular flexibility index (Phi) is 6.83. The van der Waals surface area contributed by atoms with Crippen molar-refractivity contribution in [2.24, 2.45) is 0 Å². The van der Waals surface area contributed by atoms with Gasteiger partial charge in [-0.05, 0) is 53.5 Å². The van der Waals surface area contributed by atoms with Crippen molar-refractivity contribution in [1.29, 1.82) is 5.26 Å². The summed E-state index contributed by atoms with van der Waals surface area (Å²) in [6.07, 6.45) is -1.04. The molecule has 1 aliphatic rings. The number of alkyl halides is 3. The minimum Gasteiger partial charge on any atom is -0.479 e. The molecule has 1 fully saturated rings. The second-order valence-corrected chi connectivity index (χ2v) is 10.1. The lowest BCUT2D eigenvalue weighted by Gasteiger charge is -2.33. The molecule has 0 spiro atoms. The number of carbonyl (C=O) groups excluding carboxylic acids is 1. The van der Waals surface area contributed by atoms with Gasteiger partial charge in [0.2, 0.25) is 0 Å². The van der Waals surface area contributed by atoms with Gasteiger partial charge in [-0.1, -0.05) is 0 Å². The van der Waals surface area contributed by atoms with E-state index in [0.29, 0.717) is 37.1 Å². The van der Waals surface area contributed by atoms with E-state index in [-0.39, 0.29) is 29.0 Å². The molecule has 3 aromatic heterocycles. The molecule has 1 atom stereocenters. The summed E-state index contributed by atoms with van der Waals surface area (Å²) < 4.78 is 53.7. The fraction of sp³-hybridized carbons (Fsp3) is 0.520. The average molecular weight is 519 g/mol. The van der Waals surface area contributed by atoms with Crippen molar-refractivity contribution in [3.8, 4) is 22.9 Å². The molecule has 0 N–H and O–H groups in total. The number of halogens is 3. The summed E-state index contributed by atoms with van der Waals surface area (Å²) in [4.78, 5) is 14.1.